The van der Waals surface area contributed by atoms with Crippen molar-refractivity contribution in [3.8, 4) is 11.5 Å². The molecule has 0 saturated carbocycles. The van der Waals surface area contributed by atoms with E-state index in [1.165, 1.54) is 44.3 Å². The molecule has 1 saturated heterocycles. The highest BCUT2D eigenvalue weighted by molar-refractivity contribution is 14.0. The molecule has 1 aromatic carbocycles. The van der Waals surface area contributed by atoms with E-state index in [2.05, 4.69) is 28.5 Å². The van der Waals surface area contributed by atoms with Crippen molar-refractivity contribution >= 4 is 29.9 Å². The largest absolute Gasteiger partial charge is 0.493 e. The van der Waals surface area contributed by atoms with Gasteiger partial charge in [0.25, 0.3) is 0 Å². The molecule has 2 rings (SSSR count). The Morgan fingerprint density at radius 1 is 1.04 bits per heavy atom. The highest BCUT2D eigenvalue weighted by Gasteiger charge is 2.08. The van der Waals surface area contributed by atoms with Gasteiger partial charge in [-0.25, -0.2) is 0 Å². The number of methoxy groups -OCH3 is 2. The second-order valence-electron chi connectivity index (χ2n) is 6.88. The summed E-state index contributed by atoms with van der Waals surface area (Å²) in [6.45, 7) is 8.12. The second-order valence-corrected chi connectivity index (χ2v) is 6.88. The number of ether oxygens (including phenoxy) is 2. The first kappa shape index (κ1) is 24.8. The molecule has 0 aliphatic carbocycles. The van der Waals surface area contributed by atoms with Gasteiger partial charge < -0.3 is 25.0 Å². The van der Waals surface area contributed by atoms with Gasteiger partial charge in [-0.1, -0.05) is 18.9 Å². The summed E-state index contributed by atoms with van der Waals surface area (Å²) in [7, 11) is 3.32. The number of nitrogens with zero attached hydrogens (tertiary/aromatic N) is 2. The Morgan fingerprint density at radius 3 is 2.39 bits per heavy atom. The maximum absolute atomic E-state index is 5.38. The summed E-state index contributed by atoms with van der Waals surface area (Å²) >= 11 is 0. The van der Waals surface area contributed by atoms with Crippen LogP contribution < -0.4 is 20.1 Å². The molecule has 7 heteroatoms. The standard InChI is InChI=1S/C21H36N4O2.HI/c1-4-22-21(24-13-16-25-14-7-5-6-8-15-25)23-12-11-18-9-10-19(26-2)20(17-18)27-3;/h9-10,17H,4-8,11-16H2,1-3H3,(H2,22,23,24);1H. The Morgan fingerprint density at radius 2 is 1.75 bits per heavy atom. The maximum atomic E-state index is 5.38. The first-order valence-corrected chi connectivity index (χ1v) is 10.2. The van der Waals surface area contributed by atoms with Crippen molar-refractivity contribution in [1.29, 1.82) is 0 Å². The van der Waals surface area contributed by atoms with E-state index in [0.29, 0.717) is 0 Å². The lowest BCUT2D eigenvalue weighted by Gasteiger charge is -2.19. The number of aliphatic imine (C=N–C) groups is 1. The zero-order valence-electron chi connectivity index (χ0n) is 17.6. The lowest BCUT2D eigenvalue weighted by Crippen LogP contribution is -2.39. The van der Waals surface area contributed by atoms with Gasteiger partial charge in [-0.3, -0.25) is 4.99 Å². The molecule has 1 aliphatic heterocycles. The van der Waals surface area contributed by atoms with Gasteiger partial charge in [-0.15, -0.1) is 24.0 Å². The van der Waals surface area contributed by atoms with Crippen molar-refractivity contribution in [1.82, 2.24) is 15.5 Å². The van der Waals surface area contributed by atoms with E-state index in [1.54, 1.807) is 14.2 Å². The summed E-state index contributed by atoms with van der Waals surface area (Å²) in [6.07, 6.45) is 6.30. The van der Waals surface area contributed by atoms with Crippen molar-refractivity contribution in [2.75, 3.05) is 53.5 Å². The predicted octanol–water partition coefficient (Wildman–Crippen LogP) is 3.30. The van der Waals surface area contributed by atoms with Gasteiger partial charge in [0.15, 0.2) is 17.5 Å². The monoisotopic (exact) mass is 504 g/mol. The van der Waals surface area contributed by atoms with Crippen LogP contribution in [0.2, 0.25) is 0 Å². The highest BCUT2D eigenvalue weighted by Crippen LogP contribution is 2.27. The molecule has 1 heterocycles. The molecule has 0 aromatic heterocycles. The van der Waals surface area contributed by atoms with Crippen LogP contribution >= 0.6 is 24.0 Å². The maximum Gasteiger partial charge on any atom is 0.191 e. The van der Waals surface area contributed by atoms with Crippen molar-refractivity contribution in [3.05, 3.63) is 23.8 Å². The quantitative estimate of drug-likeness (QED) is 0.307. The van der Waals surface area contributed by atoms with Crippen molar-refractivity contribution in [2.24, 2.45) is 4.99 Å². The van der Waals surface area contributed by atoms with E-state index in [-0.39, 0.29) is 24.0 Å². The lowest BCUT2D eigenvalue weighted by atomic mass is 10.1. The van der Waals surface area contributed by atoms with E-state index in [0.717, 1.165) is 50.1 Å². The first-order valence-electron chi connectivity index (χ1n) is 10.2. The Kier molecular flexibility index (Phi) is 13.1. The summed E-state index contributed by atoms with van der Waals surface area (Å²) in [5.41, 5.74) is 1.21. The molecular formula is C21H37IN4O2. The van der Waals surface area contributed by atoms with Crippen LogP contribution in [0.5, 0.6) is 11.5 Å². The molecule has 0 spiro atoms. The zero-order valence-corrected chi connectivity index (χ0v) is 20.0. The average molecular weight is 504 g/mol. The molecule has 1 aromatic rings. The highest BCUT2D eigenvalue weighted by atomic mass is 127. The normalized spacial score (nSPS) is 15.3. The van der Waals surface area contributed by atoms with Crippen LogP contribution in [0, 0.1) is 0 Å². The molecule has 0 amide bonds. The third-order valence-corrected chi connectivity index (χ3v) is 4.88. The first-order chi connectivity index (χ1) is 13.3. The van der Waals surface area contributed by atoms with Crippen molar-refractivity contribution in [2.45, 2.75) is 39.0 Å². The molecule has 1 fully saturated rings. The Labute approximate surface area is 187 Å². The van der Waals surface area contributed by atoms with Crippen LogP contribution in [0.1, 0.15) is 38.2 Å². The minimum Gasteiger partial charge on any atom is -0.493 e. The topological polar surface area (TPSA) is 58.1 Å². The molecule has 160 valence electrons. The minimum atomic E-state index is 0. The van der Waals surface area contributed by atoms with Crippen LogP contribution in [0.15, 0.2) is 23.2 Å². The van der Waals surface area contributed by atoms with Gasteiger partial charge in [0.1, 0.15) is 0 Å². The minimum absolute atomic E-state index is 0. The second kappa shape index (κ2) is 14.7. The van der Waals surface area contributed by atoms with Crippen LogP contribution in [0.25, 0.3) is 0 Å². The van der Waals surface area contributed by atoms with Crippen LogP contribution in [0.4, 0.5) is 0 Å². The number of guanidine groups is 1. The third-order valence-electron chi connectivity index (χ3n) is 4.88. The summed E-state index contributed by atoms with van der Waals surface area (Å²) in [4.78, 5) is 7.28. The predicted molar refractivity (Wildman–Crippen MR) is 128 cm³/mol. The number of benzene rings is 1. The Bertz CT molecular complexity index is 576. The number of likely N-dealkylation sites (tertiary alicyclic amines) is 1. The molecule has 6 nitrogen and oxygen atoms in total. The number of hydrogen-bond donors (Lipinski definition) is 2. The van der Waals surface area contributed by atoms with Gasteiger partial charge in [0.2, 0.25) is 0 Å². The van der Waals surface area contributed by atoms with Crippen molar-refractivity contribution in [3.63, 3.8) is 0 Å². The van der Waals surface area contributed by atoms with Gasteiger partial charge in [-0.2, -0.15) is 0 Å². The van der Waals surface area contributed by atoms with Gasteiger partial charge in [0, 0.05) is 19.6 Å². The molecule has 0 bridgehead atoms. The molecule has 0 unspecified atom stereocenters. The fourth-order valence-corrected chi connectivity index (χ4v) is 3.37. The smallest absolute Gasteiger partial charge is 0.191 e. The van der Waals surface area contributed by atoms with Gasteiger partial charge >= 0.3 is 0 Å². The number of hydrogen-bond acceptors (Lipinski definition) is 4. The summed E-state index contributed by atoms with van der Waals surface area (Å²) < 4.78 is 10.7. The van der Waals surface area contributed by atoms with Crippen molar-refractivity contribution < 1.29 is 9.47 Å². The number of rotatable bonds is 9. The third kappa shape index (κ3) is 8.86. The summed E-state index contributed by atoms with van der Waals surface area (Å²) in [6, 6.07) is 6.06. The van der Waals surface area contributed by atoms with Gasteiger partial charge in [-0.05, 0) is 57.0 Å². The average Bonchev–Trinajstić information content (AvgIpc) is 2.96. The number of halogens is 1. The Hall–Kier alpha value is -1.22. The molecular weight excluding hydrogens is 467 g/mol. The van der Waals surface area contributed by atoms with E-state index in [1.807, 2.05) is 12.1 Å². The Balaban J connectivity index is 0.00000392. The fourth-order valence-electron chi connectivity index (χ4n) is 3.37. The van der Waals surface area contributed by atoms with Crippen LogP contribution in [-0.2, 0) is 6.42 Å². The lowest BCUT2D eigenvalue weighted by molar-refractivity contribution is 0.293. The zero-order chi connectivity index (χ0) is 19.3. The molecule has 1 aliphatic rings. The summed E-state index contributed by atoms with van der Waals surface area (Å²) in [5.74, 6) is 2.43. The van der Waals surface area contributed by atoms with E-state index >= 15 is 0 Å². The molecule has 0 radical (unpaired) electrons. The van der Waals surface area contributed by atoms with E-state index in [4.69, 9.17) is 14.5 Å². The SMILES string of the molecule is CCNC(=NCCN1CCCCCC1)NCCc1ccc(OC)c(OC)c1.I. The van der Waals surface area contributed by atoms with Crippen LogP contribution in [-0.4, -0.2) is 64.3 Å². The number of nitrogens with one attached hydrogen (secondary N) is 2. The summed E-state index contributed by atoms with van der Waals surface area (Å²) in [5, 5.41) is 6.77. The molecule has 0 atom stereocenters. The molecule has 2 N–H and O–H groups in total. The van der Waals surface area contributed by atoms with Crippen LogP contribution in [0.3, 0.4) is 0 Å². The van der Waals surface area contributed by atoms with E-state index in [9.17, 15) is 0 Å². The molecule has 28 heavy (non-hydrogen) atoms. The fraction of sp³-hybridized carbons (Fsp3) is 0.667. The van der Waals surface area contributed by atoms with Gasteiger partial charge in [0.05, 0.1) is 20.8 Å². The van der Waals surface area contributed by atoms with E-state index < -0.39 is 0 Å².